The second kappa shape index (κ2) is 5.94. The molecule has 0 unspecified atom stereocenters. The van der Waals surface area contributed by atoms with Gasteiger partial charge in [-0.2, -0.15) is 0 Å². The Kier molecular flexibility index (Phi) is 4.00. The van der Waals surface area contributed by atoms with Crippen molar-refractivity contribution in [1.29, 1.82) is 0 Å². The molecular weight excluding hydrogens is 286 g/mol. The molecule has 2 atom stereocenters. The van der Waals surface area contributed by atoms with Crippen LogP contribution in [0.1, 0.15) is 12.8 Å². The Morgan fingerprint density at radius 1 is 1.45 bits per heavy atom. The normalized spacial score (nSPS) is 23.9. The number of likely N-dealkylation sites (N-methyl/N-ethyl adjacent to an activating group) is 1. The molecular formula is C15H19N3O4. The van der Waals surface area contributed by atoms with Gasteiger partial charge in [-0.25, -0.2) is 0 Å². The minimum absolute atomic E-state index is 0.0333. The molecule has 2 aliphatic heterocycles. The average Bonchev–Trinajstić information content (AvgIpc) is 3.00. The van der Waals surface area contributed by atoms with Crippen LogP contribution in [0.2, 0.25) is 0 Å². The lowest BCUT2D eigenvalue weighted by atomic mass is 10.1. The molecule has 2 amide bonds. The number of amides is 2. The summed E-state index contributed by atoms with van der Waals surface area (Å²) in [5, 5.41) is 2.82. The van der Waals surface area contributed by atoms with Crippen LogP contribution in [0.3, 0.4) is 0 Å². The van der Waals surface area contributed by atoms with Crippen LogP contribution in [0.4, 0.5) is 11.4 Å². The van der Waals surface area contributed by atoms with Crippen molar-refractivity contribution in [2.75, 3.05) is 30.4 Å². The summed E-state index contributed by atoms with van der Waals surface area (Å²) in [6, 6.07) is 5.21. The zero-order valence-electron chi connectivity index (χ0n) is 12.4. The monoisotopic (exact) mass is 305 g/mol. The topological polar surface area (TPSA) is 93.9 Å². The number of rotatable bonds is 3. The van der Waals surface area contributed by atoms with Crippen molar-refractivity contribution in [1.82, 2.24) is 0 Å². The predicted octanol–water partition coefficient (Wildman–Crippen LogP) is 0.487. The first-order chi connectivity index (χ1) is 10.6. The number of hydrogen-bond donors (Lipinski definition) is 2. The minimum Gasteiger partial charge on any atom is -0.482 e. The second-order valence-electron chi connectivity index (χ2n) is 5.47. The molecule has 0 saturated carbocycles. The Balaban J connectivity index is 1.71. The molecule has 2 aliphatic rings. The summed E-state index contributed by atoms with van der Waals surface area (Å²) in [6.07, 6.45) is 0.945. The van der Waals surface area contributed by atoms with Gasteiger partial charge in [-0.3, -0.25) is 9.59 Å². The molecule has 0 bridgehead atoms. The molecule has 0 aromatic heterocycles. The van der Waals surface area contributed by atoms with Crippen molar-refractivity contribution < 1.29 is 19.1 Å². The maximum atomic E-state index is 12.2. The van der Waals surface area contributed by atoms with E-state index in [9.17, 15) is 9.59 Å². The number of ether oxygens (including phenoxy) is 2. The van der Waals surface area contributed by atoms with E-state index in [1.54, 1.807) is 25.2 Å². The highest BCUT2D eigenvalue weighted by Crippen LogP contribution is 2.33. The van der Waals surface area contributed by atoms with E-state index in [1.807, 2.05) is 0 Å². The summed E-state index contributed by atoms with van der Waals surface area (Å²) in [5.41, 5.74) is 6.79. The lowest BCUT2D eigenvalue weighted by molar-refractivity contribution is -0.126. The molecule has 7 nitrogen and oxygen atoms in total. The Labute approximate surface area is 128 Å². The largest absolute Gasteiger partial charge is 0.482 e. The number of carbonyl (C=O) groups is 2. The fraction of sp³-hybridized carbons (Fsp3) is 0.467. The van der Waals surface area contributed by atoms with Crippen LogP contribution >= 0.6 is 0 Å². The zero-order chi connectivity index (χ0) is 15.7. The third kappa shape index (κ3) is 2.77. The highest BCUT2D eigenvalue weighted by molar-refractivity contribution is 5.99. The summed E-state index contributed by atoms with van der Waals surface area (Å²) < 4.78 is 10.9. The first-order valence-electron chi connectivity index (χ1n) is 7.28. The highest BCUT2D eigenvalue weighted by Gasteiger charge is 2.30. The fourth-order valence-electron chi connectivity index (χ4n) is 2.64. The molecule has 1 aromatic rings. The summed E-state index contributed by atoms with van der Waals surface area (Å²) >= 11 is 0. The summed E-state index contributed by atoms with van der Waals surface area (Å²) in [5.74, 6) is 0.308. The molecule has 0 aliphatic carbocycles. The summed E-state index contributed by atoms with van der Waals surface area (Å²) in [6.45, 7) is 0.457. The molecule has 3 N–H and O–H groups in total. The van der Waals surface area contributed by atoms with Gasteiger partial charge in [0.05, 0.1) is 11.8 Å². The Morgan fingerprint density at radius 3 is 3.00 bits per heavy atom. The molecule has 3 rings (SSSR count). The van der Waals surface area contributed by atoms with Gasteiger partial charge in [0, 0.05) is 19.3 Å². The van der Waals surface area contributed by atoms with Crippen molar-refractivity contribution in [3.05, 3.63) is 18.2 Å². The third-order valence-corrected chi connectivity index (χ3v) is 3.98. The Bertz CT molecular complexity index is 604. The van der Waals surface area contributed by atoms with Gasteiger partial charge in [0.2, 0.25) is 0 Å². The predicted molar refractivity (Wildman–Crippen MR) is 80.9 cm³/mol. The highest BCUT2D eigenvalue weighted by atomic mass is 16.5. The number of nitrogens with zero attached hydrogens (tertiary/aromatic N) is 1. The number of nitrogens with one attached hydrogen (secondary N) is 1. The van der Waals surface area contributed by atoms with Gasteiger partial charge in [-0.15, -0.1) is 0 Å². The first-order valence-corrected chi connectivity index (χ1v) is 7.28. The van der Waals surface area contributed by atoms with E-state index in [-0.39, 0.29) is 24.5 Å². The van der Waals surface area contributed by atoms with Crippen LogP contribution in [0.15, 0.2) is 18.2 Å². The van der Waals surface area contributed by atoms with Crippen LogP contribution in [-0.4, -0.2) is 44.2 Å². The van der Waals surface area contributed by atoms with Crippen LogP contribution in [0.5, 0.6) is 5.75 Å². The van der Waals surface area contributed by atoms with Crippen molar-refractivity contribution in [2.45, 2.75) is 25.0 Å². The summed E-state index contributed by atoms with van der Waals surface area (Å²) in [7, 11) is 1.68. The molecule has 22 heavy (non-hydrogen) atoms. The van der Waals surface area contributed by atoms with Gasteiger partial charge < -0.3 is 25.4 Å². The quantitative estimate of drug-likeness (QED) is 0.847. The number of anilines is 2. The van der Waals surface area contributed by atoms with Crippen molar-refractivity contribution in [3.63, 3.8) is 0 Å². The molecule has 118 valence electrons. The first kappa shape index (κ1) is 14.8. The number of nitrogens with two attached hydrogens (primary N) is 1. The van der Waals surface area contributed by atoms with Crippen molar-refractivity contribution in [2.24, 2.45) is 5.73 Å². The smallest absolute Gasteiger partial charge is 0.264 e. The molecule has 0 spiro atoms. The van der Waals surface area contributed by atoms with Gasteiger partial charge in [0.25, 0.3) is 11.8 Å². The minimum atomic E-state index is -0.472. The van der Waals surface area contributed by atoms with Crippen molar-refractivity contribution in [3.8, 4) is 5.75 Å². The van der Waals surface area contributed by atoms with Crippen LogP contribution in [0.25, 0.3) is 0 Å². The Hall–Kier alpha value is -2.12. The lowest BCUT2D eigenvalue weighted by Crippen LogP contribution is -2.35. The van der Waals surface area contributed by atoms with Gasteiger partial charge in [0.15, 0.2) is 6.61 Å². The van der Waals surface area contributed by atoms with E-state index in [0.717, 1.165) is 6.42 Å². The molecule has 1 aromatic carbocycles. The van der Waals surface area contributed by atoms with Crippen LogP contribution < -0.4 is 20.7 Å². The van der Waals surface area contributed by atoms with E-state index >= 15 is 0 Å². The second-order valence-corrected chi connectivity index (χ2v) is 5.47. The van der Waals surface area contributed by atoms with E-state index in [1.165, 1.54) is 4.90 Å². The number of hydrogen-bond acceptors (Lipinski definition) is 5. The molecule has 0 radical (unpaired) electrons. The van der Waals surface area contributed by atoms with Gasteiger partial charge in [-0.05, 0) is 31.0 Å². The number of benzene rings is 1. The zero-order valence-corrected chi connectivity index (χ0v) is 12.4. The van der Waals surface area contributed by atoms with E-state index in [0.29, 0.717) is 30.1 Å². The maximum absolute atomic E-state index is 12.2. The standard InChI is InChI=1S/C15H19N3O4/c1-18-11-6-9(2-4-12(11)21-8-14(18)19)17-15(20)13-5-3-10(7-16)22-13/h2,4,6,10,13H,3,5,7-8,16H2,1H3,(H,17,20)/t10-,13+/m1/s1. The van der Waals surface area contributed by atoms with Gasteiger partial charge in [0.1, 0.15) is 11.9 Å². The lowest BCUT2D eigenvalue weighted by Gasteiger charge is -2.26. The third-order valence-electron chi connectivity index (χ3n) is 3.98. The number of carbonyl (C=O) groups excluding carboxylic acids is 2. The molecule has 7 heteroatoms. The molecule has 1 fully saturated rings. The number of fused-ring (bicyclic) bond motifs is 1. The van der Waals surface area contributed by atoms with E-state index < -0.39 is 6.10 Å². The average molecular weight is 305 g/mol. The van der Waals surface area contributed by atoms with E-state index in [2.05, 4.69) is 5.32 Å². The van der Waals surface area contributed by atoms with Crippen LogP contribution in [0, 0.1) is 0 Å². The molecule has 1 saturated heterocycles. The summed E-state index contributed by atoms with van der Waals surface area (Å²) in [4.78, 5) is 25.4. The Morgan fingerprint density at radius 2 is 2.27 bits per heavy atom. The van der Waals surface area contributed by atoms with Gasteiger partial charge >= 0.3 is 0 Å². The van der Waals surface area contributed by atoms with Crippen LogP contribution in [-0.2, 0) is 14.3 Å². The SMILES string of the molecule is CN1C(=O)COc2ccc(NC(=O)[C@@H]3CC[C@H](CN)O3)cc21. The molecule has 2 heterocycles. The maximum Gasteiger partial charge on any atom is 0.264 e. The van der Waals surface area contributed by atoms with Gasteiger partial charge in [-0.1, -0.05) is 0 Å². The van der Waals surface area contributed by atoms with E-state index in [4.69, 9.17) is 15.2 Å². The fourth-order valence-corrected chi connectivity index (χ4v) is 2.64. The van der Waals surface area contributed by atoms with Crippen molar-refractivity contribution >= 4 is 23.2 Å².